The third-order valence-corrected chi connectivity index (χ3v) is 10.6. The van der Waals surface area contributed by atoms with Gasteiger partial charge in [0.15, 0.2) is 23.3 Å². The Hall–Kier alpha value is -4.63. The maximum atomic E-state index is 14.9. The van der Waals surface area contributed by atoms with E-state index in [1.54, 1.807) is 29.6 Å². The highest BCUT2D eigenvalue weighted by Gasteiger charge is 2.35. The van der Waals surface area contributed by atoms with Crippen LogP contribution in [0.5, 0.6) is 5.75 Å². The summed E-state index contributed by atoms with van der Waals surface area (Å²) in [7, 11) is 0. The van der Waals surface area contributed by atoms with E-state index in [-0.39, 0.29) is 36.2 Å². The van der Waals surface area contributed by atoms with Crippen LogP contribution < -0.4 is 30.5 Å². The second kappa shape index (κ2) is 18.4. The van der Waals surface area contributed by atoms with E-state index in [0.29, 0.717) is 42.1 Å². The molecule has 0 spiro atoms. The molecule has 284 valence electrons. The molecule has 3 fully saturated rings. The highest BCUT2D eigenvalue weighted by Crippen LogP contribution is 2.38. The van der Waals surface area contributed by atoms with Gasteiger partial charge in [-0.2, -0.15) is 4.39 Å². The topological polar surface area (TPSA) is 142 Å². The van der Waals surface area contributed by atoms with Crippen molar-refractivity contribution in [3.05, 3.63) is 59.0 Å². The van der Waals surface area contributed by atoms with Crippen LogP contribution in [0, 0.1) is 11.6 Å². The van der Waals surface area contributed by atoms with Crippen molar-refractivity contribution in [2.45, 2.75) is 82.8 Å². The summed E-state index contributed by atoms with van der Waals surface area (Å²) in [5, 5.41) is 10.6. The fourth-order valence-corrected chi connectivity index (χ4v) is 7.66. The minimum atomic E-state index is -1.15. The van der Waals surface area contributed by atoms with Gasteiger partial charge >= 0.3 is 6.03 Å². The number of morpholine rings is 1. The van der Waals surface area contributed by atoms with Crippen LogP contribution in [0.4, 0.5) is 24.4 Å². The number of ether oxygens (including phenoxy) is 2. The molecule has 2 unspecified atom stereocenters. The van der Waals surface area contributed by atoms with Crippen LogP contribution in [0.15, 0.2) is 41.8 Å². The first kappa shape index (κ1) is 38.1. The minimum absolute atomic E-state index is 0.167. The van der Waals surface area contributed by atoms with Crippen molar-refractivity contribution in [1.82, 2.24) is 20.9 Å². The summed E-state index contributed by atoms with van der Waals surface area (Å²) in [5.74, 6) is -3.38. The summed E-state index contributed by atoms with van der Waals surface area (Å²) in [5.41, 5.74) is 1.91. The predicted molar refractivity (Wildman–Crippen MR) is 197 cm³/mol. The largest absolute Gasteiger partial charge is 0.480 e. The summed E-state index contributed by atoms with van der Waals surface area (Å²) in [6, 6.07) is 8.76. The number of thiazole rings is 1. The molecule has 12 nitrogen and oxygen atoms in total. The lowest BCUT2D eigenvalue weighted by atomic mass is 10.1. The molecule has 15 heteroatoms. The number of urea groups is 1. The summed E-state index contributed by atoms with van der Waals surface area (Å²) in [6.07, 6.45) is 10.6. The molecule has 2 aromatic carbocycles. The second-order valence-corrected chi connectivity index (χ2v) is 14.5. The van der Waals surface area contributed by atoms with Crippen LogP contribution in [0.25, 0.3) is 11.3 Å². The molecule has 2 atom stereocenters. The smallest absolute Gasteiger partial charge is 0.328 e. The molecular weight excluding hydrogens is 707 g/mol. The number of hydrogen-bond acceptors (Lipinski definition) is 9. The van der Waals surface area contributed by atoms with E-state index < -0.39 is 30.2 Å². The number of hydrogen-bond donors (Lipinski definition) is 3. The maximum absolute atomic E-state index is 14.9. The standard InChI is InChI=1S/C38H46F2N6O6S/c39-30-16-15-29(31-24-53-38(43-31)45-21-27-13-14-28(22-45)52-27)35(34(30)40)51-23-33(48)41-18-7-5-3-1-2-4-6-8-19-42-36(49)25-9-11-26(12-10-25)46-20-17-32(47)44-37(46)50/h9-12,15-16,24,27-28H,1-8,13-14,17-23H2,(H,41,48)(H,42,49)(H,44,47,50). The number of carbonyl (C=O) groups excluding carboxylic acids is 4. The Morgan fingerprint density at radius 2 is 1.57 bits per heavy atom. The molecule has 0 saturated carbocycles. The second-order valence-electron chi connectivity index (χ2n) is 13.6. The van der Waals surface area contributed by atoms with Gasteiger partial charge in [0, 0.05) is 61.3 Å². The van der Waals surface area contributed by atoms with Crippen LogP contribution in [0.1, 0.15) is 81.0 Å². The van der Waals surface area contributed by atoms with Crippen molar-refractivity contribution >= 4 is 45.9 Å². The van der Waals surface area contributed by atoms with E-state index in [1.807, 2.05) is 0 Å². The number of nitrogens with zero attached hydrogens (tertiary/aromatic N) is 3. The molecule has 6 rings (SSSR count). The van der Waals surface area contributed by atoms with Gasteiger partial charge in [0.1, 0.15) is 0 Å². The van der Waals surface area contributed by atoms with Gasteiger partial charge in [-0.3, -0.25) is 24.6 Å². The number of carbonyl (C=O) groups is 4. The Kier molecular flexibility index (Phi) is 13.2. The van der Waals surface area contributed by atoms with Crippen LogP contribution in [-0.2, 0) is 14.3 Å². The van der Waals surface area contributed by atoms with Gasteiger partial charge in [0.05, 0.1) is 17.9 Å². The maximum Gasteiger partial charge on any atom is 0.328 e. The van der Waals surface area contributed by atoms with Gasteiger partial charge in [-0.25, -0.2) is 14.2 Å². The number of unbranched alkanes of at least 4 members (excludes halogenated alkanes) is 7. The van der Waals surface area contributed by atoms with E-state index in [4.69, 9.17) is 14.5 Å². The average Bonchev–Trinajstić information content (AvgIpc) is 3.78. The summed E-state index contributed by atoms with van der Waals surface area (Å²) in [6.45, 7) is 2.42. The number of anilines is 2. The van der Waals surface area contributed by atoms with Gasteiger partial charge in [-0.1, -0.05) is 38.5 Å². The molecule has 3 aliphatic rings. The van der Waals surface area contributed by atoms with Gasteiger partial charge < -0.3 is 25.0 Å². The van der Waals surface area contributed by atoms with Crippen molar-refractivity contribution in [3.63, 3.8) is 0 Å². The molecule has 3 aliphatic heterocycles. The molecule has 3 saturated heterocycles. The van der Waals surface area contributed by atoms with E-state index in [2.05, 4.69) is 20.9 Å². The highest BCUT2D eigenvalue weighted by molar-refractivity contribution is 7.14. The fourth-order valence-electron chi connectivity index (χ4n) is 6.81. The summed E-state index contributed by atoms with van der Waals surface area (Å²) < 4.78 is 40.5. The van der Waals surface area contributed by atoms with Crippen molar-refractivity contribution < 1.29 is 37.4 Å². The van der Waals surface area contributed by atoms with Gasteiger partial charge in [-0.15, -0.1) is 11.3 Å². The van der Waals surface area contributed by atoms with Gasteiger partial charge in [0.2, 0.25) is 11.7 Å². The van der Waals surface area contributed by atoms with Crippen LogP contribution in [-0.4, -0.2) is 80.3 Å². The van der Waals surface area contributed by atoms with Crippen molar-refractivity contribution in [2.24, 2.45) is 0 Å². The molecule has 0 radical (unpaired) electrons. The van der Waals surface area contributed by atoms with Crippen LogP contribution >= 0.6 is 11.3 Å². The quantitative estimate of drug-likeness (QED) is 0.136. The Bertz CT molecular complexity index is 1740. The van der Waals surface area contributed by atoms with Crippen LogP contribution in [0.3, 0.4) is 0 Å². The van der Waals surface area contributed by atoms with E-state index in [9.17, 15) is 28.0 Å². The number of fused-ring (bicyclic) bond motifs is 2. The molecule has 4 heterocycles. The van der Waals surface area contributed by atoms with Gasteiger partial charge in [0.25, 0.3) is 11.8 Å². The first-order valence-electron chi connectivity index (χ1n) is 18.5. The molecule has 3 aromatic rings. The zero-order chi connectivity index (χ0) is 37.2. The molecule has 5 amide bonds. The number of rotatable bonds is 18. The first-order valence-corrected chi connectivity index (χ1v) is 19.4. The third-order valence-electron chi connectivity index (χ3n) is 9.69. The SMILES string of the molecule is O=C(COc1c(-c2csc(N3CC4CCC(C3)O4)n2)ccc(F)c1F)NCCCCCCCCCCNC(=O)c1ccc(N2CCC(=O)NC2=O)cc1. The lowest BCUT2D eigenvalue weighted by Gasteiger charge is -2.31. The minimum Gasteiger partial charge on any atom is -0.480 e. The lowest BCUT2D eigenvalue weighted by Crippen LogP contribution is -2.49. The number of aromatic nitrogens is 1. The normalized spacial score (nSPS) is 18.2. The fraction of sp³-hybridized carbons (Fsp3) is 0.500. The van der Waals surface area contributed by atoms with Gasteiger partial charge in [-0.05, 0) is 62.1 Å². The molecule has 2 bridgehead atoms. The molecule has 3 N–H and O–H groups in total. The lowest BCUT2D eigenvalue weighted by molar-refractivity contribution is -0.123. The molecular formula is C38H46F2N6O6S. The zero-order valence-electron chi connectivity index (χ0n) is 29.7. The number of amides is 5. The Morgan fingerprint density at radius 1 is 0.906 bits per heavy atom. The van der Waals surface area contributed by atoms with Crippen molar-refractivity contribution in [2.75, 3.05) is 49.1 Å². The third kappa shape index (κ3) is 10.3. The number of nitrogens with one attached hydrogen (secondary N) is 3. The van der Waals surface area contributed by atoms with E-state index >= 15 is 0 Å². The predicted octanol–water partition coefficient (Wildman–Crippen LogP) is 5.95. The van der Waals surface area contributed by atoms with E-state index in [1.165, 1.54) is 22.3 Å². The Morgan fingerprint density at radius 3 is 2.25 bits per heavy atom. The molecule has 1 aromatic heterocycles. The zero-order valence-corrected chi connectivity index (χ0v) is 30.5. The first-order chi connectivity index (χ1) is 25.7. The number of benzene rings is 2. The van der Waals surface area contributed by atoms with Crippen LogP contribution in [0.2, 0.25) is 0 Å². The average molecular weight is 753 g/mol. The number of imide groups is 1. The van der Waals surface area contributed by atoms with Crippen molar-refractivity contribution in [3.8, 4) is 17.0 Å². The number of halogens is 2. The summed E-state index contributed by atoms with van der Waals surface area (Å²) >= 11 is 1.43. The molecule has 53 heavy (non-hydrogen) atoms. The summed E-state index contributed by atoms with van der Waals surface area (Å²) in [4.78, 5) is 56.7. The monoisotopic (exact) mass is 752 g/mol. The Labute approximate surface area is 311 Å². The van der Waals surface area contributed by atoms with E-state index in [0.717, 1.165) is 88.5 Å². The molecule has 0 aliphatic carbocycles. The Balaban J connectivity index is 0.804. The van der Waals surface area contributed by atoms with Crippen molar-refractivity contribution in [1.29, 1.82) is 0 Å². The highest BCUT2D eigenvalue weighted by atomic mass is 32.1.